The maximum absolute atomic E-state index is 12.9. The number of phosphoric acid groups is 1. The molecule has 0 amide bonds. The fourth-order valence-electron chi connectivity index (χ4n) is 11.8. The van der Waals surface area contributed by atoms with Crippen LogP contribution in [-0.4, -0.2) is 74.9 Å². The third-order valence-corrected chi connectivity index (χ3v) is 18.9. The number of likely N-dealkylation sites (N-methyl/N-ethyl adjacent to an activating group) is 1. The number of nitrogens with zero attached hydrogens (tertiary/aromatic N) is 1. The summed E-state index contributed by atoms with van der Waals surface area (Å²) >= 11 is 0. The molecule has 548 valence electrons. The highest BCUT2D eigenvalue weighted by Gasteiger charge is 2.27. The van der Waals surface area contributed by atoms with Crippen molar-refractivity contribution >= 4 is 19.8 Å². The van der Waals surface area contributed by atoms with E-state index in [-0.39, 0.29) is 25.6 Å². The van der Waals surface area contributed by atoms with Gasteiger partial charge in [-0.25, -0.2) is 4.57 Å². The summed E-state index contributed by atoms with van der Waals surface area (Å²) in [6.45, 7) is 4.39. The van der Waals surface area contributed by atoms with Crippen LogP contribution in [0.2, 0.25) is 0 Å². The summed E-state index contributed by atoms with van der Waals surface area (Å²) in [5, 5.41) is 0. The summed E-state index contributed by atoms with van der Waals surface area (Å²) < 4.78 is 34.8. The van der Waals surface area contributed by atoms with Gasteiger partial charge in [-0.15, -0.1) is 0 Å². The van der Waals surface area contributed by atoms with Gasteiger partial charge >= 0.3 is 19.8 Å². The Morgan fingerprint density at radius 1 is 0.340 bits per heavy atom. The molecule has 0 rings (SSSR count). The second-order valence-corrected chi connectivity index (χ2v) is 29.9. The number of hydrogen-bond acceptors (Lipinski definition) is 7. The van der Waals surface area contributed by atoms with Crippen LogP contribution >= 0.6 is 7.82 Å². The van der Waals surface area contributed by atoms with Crippen LogP contribution in [0, 0.1) is 0 Å². The summed E-state index contributed by atoms with van der Waals surface area (Å²) in [4.78, 5) is 36.0. The van der Waals surface area contributed by atoms with Crippen molar-refractivity contribution in [1.82, 2.24) is 0 Å². The van der Waals surface area contributed by atoms with Gasteiger partial charge in [0.15, 0.2) is 6.10 Å². The summed E-state index contributed by atoms with van der Waals surface area (Å²) in [6, 6.07) is 0. The zero-order chi connectivity index (χ0) is 68.3. The highest BCUT2D eigenvalue weighted by molar-refractivity contribution is 7.47. The molecule has 0 aromatic carbocycles. The zero-order valence-electron chi connectivity index (χ0n) is 62.7. The SMILES string of the molecule is CC/C=C\C/C=C\C/C=C\C/C=C\C/C=C\C/C=C\C/C=C\CCCCCCCCCCCCCCCCCCCCCC(=O)OC(COC(=O)CCCCCCCCCCCCCCCCCCCCCCCCCCCCCCC)COP(=O)(O)OCC[N+](C)(C)C. The van der Waals surface area contributed by atoms with Crippen molar-refractivity contribution in [1.29, 1.82) is 0 Å². The lowest BCUT2D eigenvalue weighted by Gasteiger charge is -2.24. The first kappa shape index (κ1) is 91.2. The van der Waals surface area contributed by atoms with E-state index in [0.717, 1.165) is 77.0 Å². The summed E-state index contributed by atoms with van der Waals surface area (Å²) in [5.74, 6) is -0.776. The third-order valence-electron chi connectivity index (χ3n) is 17.9. The van der Waals surface area contributed by atoms with Crippen molar-refractivity contribution in [3.8, 4) is 0 Å². The van der Waals surface area contributed by atoms with Crippen LogP contribution in [0.4, 0.5) is 0 Å². The molecule has 2 unspecified atom stereocenters. The smallest absolute Gasteiger partial charge is 0.462 e. The first-order chi connectivity index (χ1) is 46.0. The van der Waals surface area contributed by atoms with Gasteiger partial charge in [0.1, 0.15) is 19.8 Å². The monoisotopic (exact) mass is 1340 g/mol. The Bertz CT molecular complexity index is 1860. The van der Waals surface area contributed by atoms with Crippen LogP contribution in [-0.2, 0) is 32.7 Å². The second kappa shape index (κ2) is 74.4. The van der Waals surface area contributed by atoms with Gasteiger partial charge in [0.25, 0.3) is 0 Å². The number of allylic oxidation sites excluding steroid dienone is 14. The molecule has 0 saturated carbocycles. The van der Waals surface area contributed by atoms with E-state index in [1.54, 1.807) is 0 Å². The molecule has 2 atom stereocenters. The molecule has 0 fully saturated rings. The van der Waals surface area contributed by atoms with E-state index in [2.05, 4.69) is 98.9 Å². The van der Waals surface area contributed by atoms with Gasteiger partial charge in [-0.1, -0.05) is 388 Å². The molecule has 10 heteroatoms. The highest BCUT2D eigenvalue weighted by Crippen LogP contribution is 2.43. The average molecular weight is 1340 g/mol. The molecule has 0 aliphatic rings. The molecule has 0 aromatic heterocycles. The van der Waals surface area contributed by atoms with Gasteiger partial charge in [0, 0.05) is 12.8 Å². The Morgan fingerprint density at radius 3 is 0.904 bits per heavy atom. The van der Waals surface area contributed by atoms with E-state index in [0.29, 0.717) is 23.9 Å². The Kier molecular flexibility index (Phi) is 72.2. The van der Waals surface area contributed by atoms with E-state index in [9.17, 15) is 19.0 Å². The summed E-state index contributed by atoms with van der Waals surface area (Å²) in [7, 11) is 1.49. The van der Waals surface area contributed by atoms with Crippen molar-refractivity contribution in [2.24, 2.45) is 0 Å². The Balaban J connectivity index is 3.93. The van der Waals surface area contributed by atoms with Gasteiger partial charge in [0.2, 0.25) is 0 Å². The van der Waals surface area contributed by atoms with Crippen molar-refractivity contribution in [2.45, 2.75) is 392 Å². The van der Waals surface area contributed by atoms with Crippen LogP contribution in [0.3, 0.4) is 0 Å². The van der Waals surface area contributed by atoms with E-state index < -0.39 is 26.5 Å². The number of unbranched alkanes of at least 4 members (excludes halogenated alkanes) is 47. The number of quaternary nitrogens is 1. The first-order valence-electron chi connectivity index (χ1n) is 40.3. The van der Waals surface area contributed by atoms with Crippen LogP contribution < -0.4 is 0 Å². The van der Waals surface area contributed by atoms with Crippen LogP contribution in [0.5, 0.6) is 0 Å². The minimum Gasteiger partial charge on any atom is -0.462 e. The second-order valence-electron chi connectivity index (χ2n) is 28.4. The highest BCUT2D eigenvalue weighted by atomic mass is 31.2. The quantitative estimate of drug-likeness (QED) is 0.0211. The van der Waals surface area contributed by atoms with Gasteiger partial charge in [0.05, 0.1) is 27.7 Å². The molecule has 0 aliphatic heterocycles. The van der Waals surface area contributed by atoms with Crippen molar-refractivity contribution in [3.05, 3.63) is 85.1 Å². The summed E-state index contributed by atoms with van der Waals surface area (Å²) in [6.07, 6.45) is 103. The number of phosphoric ester groups is 1. The predicted molar refractivity (Wildman–Crippen MR) is 409 cm³/mol. The Labute approximate surface area is 583 Å². The number of ether oxygens (including phenoxy) is 2. The molecule has 1 N–H and O–H groups in total. The number of rotatable bonds is 75. The lowest BCUT2D eigenvalue weighted by molar-refractivity contribution is -0.870. The maximum Gasteiger partial charge on any atom is 0.472 e. The number of esters is 2. The first-order valence-corrected chi connectivity index (χ1v) is 41.8. The standard InChI is InChI=1S/C84H154NO8P/c1-6-8-10-12-14-16-18-20-22-24-26-28-30-32-34-36-37-38-39-40-41-42-43-44-45-46-47-49-51-53-55-57-59-61-63-65-67-69-71-73-75-77-84(87)93-82(81-92-94(88,89)91-79-78-85(3,4)5)80-90-83(86)76-74-72-70-68-66-64-62-60-58-56-54-52-50-48-35-33-31-29-27-25-23-21-19-17-15-13-11-9-7-2/h8,10,14,16,20,22,26,28,32,34,37-38,40-41,82H,6-7,9,11-13,15,17-19,21,23-25,27,29-31,33,35-36,39,42-81H2,1-5H3/p+1/b10-8-,16-14-,22-20-,28-26-,34-32-,38-37-,41-40-. The van der Waals surface area contributed by atoms with Crippen molar-refractivity contribution in [2.75, 3.05) is 47.5 Å². The van der Waals surface area contributed by atoms with Crippen LogP contribution in [0.1, 0.15) is 386 Å². The maximum atomic E-state index is 12.9. The average Bonchev–Trinajstić information content (AvgIpc) is 1.57. The van der Waals surface area contributed by atoms with Crippen LogP contribution in [0.25, 0.3) is 0 Å². The molecular weight excluding hydrogens is 1180 g/mol. The summed E-state index contributed by atoms with van der Waals surface area (Å²) in [5.41, 5.74) is 0. The normalized spacial score (nSPS) is 13.5. The number of carbonyl (C=O) groups excluding carboxylic acids is 2. The molecule has 0 aromatic rings. The lowest BCUT2D eigenvalue weighted by atomic mass is 10.0. The molecule has 9 nitrogen and oxygen atoms in total. The van der Waals surface area contributed by atoms with E-state index in [4.69, 9.17) is 18.5 Å². The minimum absolute atomic E-state index is 0.0331. The Hall–Kier alpha value is -2.81. The Morgan fingerprint density at radius 2 is 0.606 bits per heavy atom. The van der Waals surface area contributed by atoms with E-state index in [1.807, 2.05) is 21.1 Å². The molecule has 0 spiro atoms. The fraction of sp³-hybridized carbons (Fsp3) is 0.810. The predicted octanol–water partition coefficient (Wildman–Crippen LogP) is 26.8. The minimum atomic E-state index is -4.39. The zero-order valence-corrected chi connectivity index (χ0v) is 63.6. The van der Waals surface area contributed by atoms with E-state index >= 15 is 0 Å². The van der Waals surface area contributed by atoms with Gasteiger partial charge in [-0.05, 0) is 70.6 Å². The molecule has 0 aliphatic carbocycles. The number of hydrogen-bond donors (Lipinski definition) is 1. The molecule has 0 heterocycles. The van der Waals surface area contributed by atoms with Crippen LogP contribution in [0.15, 0.2) is 85.1 Å². The topological polar surface area (TPSA) is 108 Å². The molecule has 0 bridgehead atoms. The molecule has 94 heavy (non-hydrogen) atoms. The fourth-order valence-corrected chi connectivity index (χ4v) is 12.6. The molecule has 0 saturated heterocycles. The lowest BCUT2D eigenvalue weighted by Crippen LogP contribution is -2.37. The third kappa shape index (κ3) is 78.2. The largest absolute Gasteiger partial charge is 0.472 e. The van der Waals surface area contributed by atoms with E-state index in [1.165, 1.54) is 276 Å². The van der Waals surface area contributed by atoms with Crippen molar-refractivity contribution in [3.63, 3.8) is 0 Å². The van der Waals surface area contributed by atoms with Gasteiger partial charge in [-0.2, -0.15) is 0 Å². The molecular formula is C84H155NO8P+. The molecule has 0 radical (unpaired) electrons. The number of carbonyl (C=O) groups is 2. The van der Waals surface area contributed by atoms with Gasteiger partial charge < -0.3 is 18.9 Å². The van der Waals surface area contributed by atoms with Gasteiger partial charge in [-0.3, -0.25) is 18.6 Å². The van der Waals surface area contributed by atoms with Crippen molar-refractivity contribution < 1.29 is 42.1 Å².